The Morgan fingerprint density at radius 1 is 1.03 bits per heavy atom. The lowest BCUT2D eigenvalue weighted by Crippen LogP contribution is -2.53. The number of hydrogen-bond donors (Lipinski definition) is 8. The number of nitrogens with two attached hydrogens (primary N) is 1. The first-order valence-electron chi connectivity index (χ1n) is 12.0. The minimum Gasteiger partial charge on any atom is -0.481 e. The first-order chi connectivity index (χ1) is 18.1. The van der Waals surface area contributed by atoms with E-state index >= 15 is 0 Å². The van der Waals surface area contributed by atoms with Gasteiger partial charge in [0, 0.05) is 32.4 Å². The van der Waals surface area contributed by atoms with Crippen LogP contribution in [0.25, 0.3) is 0 Å². The van der Waals surface area contributed by atoms with Gasteiger partial charge < -0.3 is 51.6 Å². The van der Waals surface area contributed by atoms with E-state index in [1.807, 2.05) is 30.3 Å². The molecule has 0 saturated heterocycles. The van der Waals surface area contributed by atoms with Crippen LogP contribution >= 0.6 is 0 Å². The molecule has 3 amide bonds. The Morgan fingerprint density at radius 2 is 1.71 bits per heavy atom. The number of aliphatic hydroxyl groups is 3. The number of nitrogens with one attached hydrogen (secondary N) is 3. The Kier molecular flexibility index (Phi) is 15.4. The molecular weight excluding hydrogens is 504 g/mol. The maximum absolute atomic E-state index is 12.1. The largest absolute Gasteiger partial charge is 0.481 e. The first-order valence-corrected chi connectivity index (χ1v) is 12.0. The molecule has 14 heteroatoms. The van der Waals surface area contributed by atoms with Crippen LogP contribution in [0.3, 0.4) is 0 Å². The van der Waals surface area contributed by atoms with Crippen LogP contribution in [0.5, 0.6) is 0 Å². The normalized spacial score (nSPS) is 14.9. The molecule has 0 radical (unpaired) electrons. The van der Waals surface area contributed by atoms with Crippen molar-refractivity contribution >= 4 is 30.0 Å². The highest BCUT2D eigenvalue weighted by Gasteiger charge is 2.33. The van der Waals surface area contributed by atoms with Crippen LogP contribution in [0, 0.1) is 0 Å². The molecule has 0 spiro atoms. The van der Waals surface area contributed by atoms with E-state index in [-0.39, 0.29) is 45.4 Å². The number of aliphatic carboxylic acids is 1. The average molecular weight is 541 g/mol. The van der Waals surface area contributed by atoms with Gasteiger partial charge in [0.15, 0.2) is 0 Å². The van der Waals surface area contributed by atoms with E-state index in [4.69, 9.17) is 15.6 Å². The smallest absolute Gasteiger partial charge is 0.303 e. The van der Waals surface area contributed by atoms with Gasteiger partial charge in [-0.05, 0) is 12.0 Å². The maximum Gasteiger partial charge on any atom is 0.303 e. The second kappa shape index (κ2) is 17.9. The molecule has 212 valence electrons. The number of benzene rings is 1. The summed E-state index contributed by atoms with van der Waals surface area (Å²) in [6.07, 6.45) is -4.96. The molecule has 1 aromatic rings. The summed E-state index contributed by atoms with van der Waals surface area (Å²) in [4.78, 5) is 57.8. The molecule has 1 unspecified atom stereocenters. The summed E-state index contributed by atoms with van der Waals surface area (Å²) in [7, 11) is 0. The number of amides is 3. The Hall–Kier alpha value is -3.43. The number of aliphatic hydroxyl groups excluding tert-OH is 3. The van der Waals surface area contributed by atoms with Crippen LogP contribution < -0.4 is 21.7 Å². The highest BCUT2D eigenvalue weighted by molar-refractivity contribution is 5.87. The van der Waals surface area contributed by atoms with Gasteiger partial charge in [-0.3, -0.25) is 19.2 Å². The van der Waals surface area contributed by atoms with Crippen molar-refractivity contribution in [3.05, 3.63) is 35.9 Å². The summed E-state index contributed by atoms with van der Waals surface area (Å²) < 4.78 is 5.54. The number of carboxylic acids is 1. The zero-order chi connectivity index (χ0) is 28.5. The Labute approximate surface area is 219 Å². The fraction of sp³-hybridized carbons (Fsp3) is 0.542. The number of rotatable bonds is 20. The van der Waals surface area contributed by atoms with Crippen LogP contribution in [-0.4, -0.2) is 101 Å². The van der Waals surface area contributed by atoms with E-state index in [1.54, 1.807) is 0 Å². The average Bonchev–Trinajstić information content (AvgIpc) is 2.89. The van der Waals surface area contributed by atoms with Gasteiger partial charge in [-0.1, -0.05) is 30.3 Å². The molecule has 5 atom stereocenters. The second-order valence-electron chi connectivity index (χ2n) is 8.41. The van der Waals surface area contributed by atoms with Crippen molar-refractivity contribution in [3.8, 4) is 0 Å². The molecule has 1 rings (SSSR count). The summed E-state index contributed by atoms with van der Waals surface area (Å²) in [5.74, 6) is -3.16. The second-order valence-corrected chi connectivity index (χ2v) is 8.41. The summed E-state index contributed by atoms with van der Waals surface area (Å²) in [6, 6.07) is 6.86. The van der Waals surface area contributed by atoms with Gasteiger partial charge >= 0.3 is 5.97 Å². The van der Waals surface area contributed by atoms with Gasteiger partial charge in [-0.2, -0.15) is 0 Å². The molecule has 0 bridgehead atoms. The van der Waals surface area contributed by atoms with Gasteiger partial charge in [0.2, 0.25) is 17.7 Å². The van der Waals surface area contributed by atoms with E-state index in [9.17, 15) is 39.3 Å². The fourth-order valence-corrected chi connectivity index (χ4v) is 3.33. The predicted molar refractivity (Wildman–Crippen MR) is 132 cm³/mol. The summed E-state index contributed by atoms with van der Waals surface area (Å²) in [5.41, 5.74) is 6.00. The molecule has 0 heterocycles. The van der Waals surface area contributed by atoms with Crippen molar-refractivity contribution in [3.63, 3.8) is 0 Å². The lowest BCUT2D eigenvalue weighted by Gasteiger charge is -2.30. The van der Waals surface area contributed by atoms with Crippen LogP contribution in [0.15, 0.2) is 30.3 Å². The van der Waals surface area contributed by atoms with Crippen molar-refractivity contribution in [2.45, 2.75) is 62.6 Å². The maximum atomic E-state index is 12.1. The molecule has 0 aliphatic rings. The molecule has 0 fully saturated rings. The number of carbonyl (C=O) groups excluding carboxylic acids is 4. The van der Waals surface area contributed by atoms with Crippen LogP contribution in [0.1, 0.15) is 31.2 Å². The lowest BCUT2D eigenvalue weighted by molar-refractivity contribution is -0.138. The molecule has 9 N–H and O–H groups in total. The number of hydrogen-bond acceptors (Lipinski definition) is 10. The van der Waals surface area contributed by atoms with E-state index < -0.39 is 60.7 Å². The number of carbonyl (C=O) groups is 5. The summed E-state index contributed by atoms with van der Waals surface area (Å²) >= 11 is 0. The summed E-state index contributed by atoms with van der Waals surface area (Å²) in [6.45, 7) is -0.879. The lowest BCUT2D eigenvalue weighted by atomic mass is 10.0. The molecule has 0 saturated carbocycles. The predicted octanol–water partition coefficient (Wildman–Crippen LogP) is -2.83. The Balaban J connectivity index is 2.54. The molecule has 0 aliphatic heterocycles. The van der Waals surface area contributed by atoms with Gasteiger partial charge in [0.25, 0.3) is 0 Å². The number of aldehydes is 1. The highest BCUT2D eigenvalue weighted by Crippen LogP contribution is 2.11. The minimum absolute atomic E-state index is 0.0973. The van der Waals surface area contributed by atoms with Gasteiger partial charge in [-0.25, -0.2) is 0 Å². The molecule has 0 aromatic heterocycles. The standard InChI is InChI=1S/C24H36N4O10/c25-24(37)16(6-7-21(34)35)28-20(33)8-10-26-19(32)9-11-38-23(22(36)18(31)14-30)17(13-29)27-12-15-4-2-1-3-5-15/h1-5,13,16-18,22-23,27,30-31,36H,6-12,14H2,(H2,25,37)(H,26,32)(H,28,33)(H,34,35)/t16?,17-,18+,22+,23+/m0/s1. The van der Waals surface area contributed by atoms with Crippen molar-refractivity contribution in [1.29, 1.82) is 0 Å². The zero-order valence-corrected chi connectivity index (χ0v) is 20.8. The SMILES string of the molecule is NC(=O)C(CCC(=O)O)NC(=O)CCNC(=O)CCO[C@@H]([C@H](O)[C@H](O)CO)[C@H](C=O)NCc1ccccc1. The topological polar surface area (TPSA) is 238 Å². The van der Waals surface area contributed by atoms with Crippen LogP contribution in [0.2, 0.25) is 0 Å². The third-order valence-corrected chi connectivity index (χ3v) is 5.44. The van der Waals surface area contributed by atoms with E-state index in [2.05, 4.69) is 16.0 Å². The fourth-order valence-electron chi connectivity index (χ4n) is 3.33. The van der Waals surface area contributed by atoms with Crippen LogP contribution in [0.4, 0.5) is 0 Å². The van der Waals surface area contributed by atoms with Gasteiger partial charge in [0.1, 0.15) is 30.6 Å². The quantitative estimate of drug-likeness (QED) is 0.0784. The number of carboxylic acid groups (broad SMARTS) is 1. The van der Waals surface area contributed by atoms with Crippen molar-refractivity contribution < 1.29 is 49.1 Å². The number of ether oxygens (including phenoxy) is 1. The van der Waals surface area contributed by atoms with E-state index in [1.165, 1.54) is 0 Å². The third-order valence-electron chi connectivity index (χ3n) is 5.44. The van der Waals surface area contributed by atoms with Crippen molar-refractivity contribution in [1.82, 2.24) is 16.0 Å². The first kappa shape index (κ1) is 32.6. The molecule has 38 heavy (non-hydrogen) atoms. The highest BCUT2D eigenvalue weighted by atomic mass is 16.5. The molecule has 1 aromatic carbocycles. The summed E-state index contributed by atoms with van der Waals surface area (Å²) in [5, 5.41) is 45.8. The minimum atomic E-state index is -1.63. The Bertz CT molecular complexity index is 901. The van der Waals surface area contributed by atoms with Crippen molar-refractivity contribution in [2.24, 2.45) is 5.73 Å². The van der Waals surface area contributed by atoms with Crippen molar-refractivity contribution in [2.75, 3.05) is 19.8 Å². The van der Waals surface area contributed by atoms with Crippen LogP contribution in [-0.2, 0) is 35.3 Å². The van der Waals surface area contributed by atoms with E-state index in [0.717, 1.165) is 5.56 Å². The molecule has 0 aliphatic carbocycles. The monoisotopic (exact) mass is 540 g/mol. The number of primary amides is 1. The van der Waals surface area contributed by atoms with E-state index in [0.29, 0.717) is 6.29 Å². The van der Waals surface area contributed by atoms with Gasteiger partial charge in [0.05, 0.1) is 19.3 Å². The van der Waals surface area contributed by atoms with Gasteiger partial charge in [-0.15, -0.1) is 0 Å². The Morgan fingerprint density at radius 3 is 2.29 bits per heavy atom. The molecular formula is C24H36N4O10. The zero-order valence-electron chi connectivity index (χ0n) is 20.8. The third kappa shape index (κ3) is 12.7. The molecule has 14 nitrogen and oxygen atoms in total.